The van der Waals surface area contributed by atoms with Gasteiger partial charge in [0.1, 0.15) is 0 Å². The summed E-state index contributed by atoms with van der Waals surface area (Å²) in [5, 5.41) is 3.48. The highest BCUT2D eigenvalue weighted by atomic mass is 35.5. The molecule has 23 heavy (non-hydrogen) atoms. The number of aryl methyl sites for hydroxylation is 1. The van der Waals surface area contributed by atoms with Crippen LogP contribution in [-0.2, 0) is 11.2 Å². The van der Waals surface area contributed by atoms with E-state index in [-0.39, 0.29) is 11.5 Å². The number of H-pyrrole nitrogens is 1. The SMILES string of the molecule is CCCc1cc(=O)[nH]c(S[C@@H](C)C(=O)Nc2ccc(Cl)cc2)n1. The molecule has 0 bridgehead atoms. The largest absolute Gasteiger partial charge is 0.325 e. The summed E-state index contributed by atoms with van der Waals surface area (Å²) >= 11 is 7.04. The Kier molecular flexibility index (Phi) is 6.24. The fourth-order valence-electron chi connectivity index (χ4n) is 1.92. The average Bonchev–Trinajstić information content (AvgIpc) is 2.49. The zero-order valence-corrected chi connectivity index (χ0v) is 14.5. The van der Waals surface area contributed by atoms with Gasteiger partial charge in [-0.05, 0) is 37.6 Å². The number of hydrogen-bond acceptors (Lipinski definition) is 4. The number of nitrogens with one attached hydrogen (secondary N) is 2. The molecule has 0 aliphatic carbocycles. The molecule has 1 atom stereocenters. The second-order valence-electron chi connectivity index (χ2n) is 5.05. The predicted octanol–water partition coefficient (Wildman–Crippen LogP) is 3.50. The Morgan fingerprint density at radius 1 is 1.39 bits per heavy atom. The molecule has 0 unspecified atom stereocenters. The van der Waals surface area contributed by atoms with Crippen LogP contribution in [0.15, 0.2) is 40.3 Å². The van der Waals surface area contributed by atoms with Crippen LogP contribution in [0, 0.1) is 0 Å². The zero-order chi connectivity index (χ0) is 16.8. The Morgan fingerprint density at radius 3 is 2.74 bits per heavy atom. The van der Waals surface area contributed by atoms with Crippen molar-refractivity contribution in [3.8, 4) is 0 Å². The predicted molar refractivity (Wildman–Crippen MR) is 94.3 cm³/mol. The summed E-state index contributed by atoms with van der Waals surface area (Å²) < 4.78 is 0. The van der Waals surface area contributed by atoms with Crippen LogP contribution in [0.25, 0.3) is 0 Å². The molecule has 0 saturated carbocycles. The minimum atomic E-state index is -0.397. The summed E-state index contributed by atoms with van der Waals surface area (Å²) in [4.78, 5) is 30.9. The summed E-state index contributed by atoms with van der Waals surface area (Å²) in [5.74, 6) is -0.166. The molecule has 0 aliphatic rings. The first-order chi connectivity index (χ1) is 11.0. The number of aromatic nitrogens is 2. The molecule has 0 fully saturated rings. The number of aromatic amines is 1. The molecule has 1 aromatic heterocycles. The second-order valence-corrected chi connectivity index (χ2v) is 6.81. The van der Waals surface area contributed by atoms with Crippen molar-refractivity contribution in [2.75, 3.05) is 5.32 Å². The van der Waals surface area contributed by atoms with Gasteiger partial charge in [-0.2, -0.15) is 0 Å². The topological polar surface area (TPSA) is 74.8 Å². The molecule has 1 heterocycles. The molecule has 0 saturated heterocycles. The van der Waals surface area contributed by atoms with E-state index in [4.69, 9.17) is 11.6 Å². The third-order valence-corrected chi connectivity index (χ3v) is 4.28. The number of amides is 1. The number of hydrogen-bond donors (Lipinski definition) is 2. The van der Waals surface area contributed by atoms with E-state index in [9.17, 15) is 9.59 Å². The van der Waals surface area contributed by atoms with Crippen molar-refractivity contribution >= 4 is 35.0 Å². The molecule has 2 rings (SSSR count). The number of benzene rings is 1. The third-order valence-electron chi connectivity index (χ3n) is 3.05. The molecule has 1 aromatic carbocycles. The first kappa shape index (κ1) is 17.6. The maximum absolute atomic E-state index is 12.2. The van der Waals surface area contributed by atoms with Crippen molar-refractivity contribution in [3.63, 3.8) is 0 Å². The molecule has 122 valence electrons. The quantitative estimate of drug-likeness (QED) is 0.617. The number of rotatable bonds is 6. The first-order valence-electron chi connectivity index (χ1n) is 7.31. The van der Waals surface area contributed by atoms with E-state index in [0.717, 1.165) is 18.5 Å². The van der Waals surface area contributed by atoms with Crippen LogP contribution in [0.3, 0.4) is 0 Å². The molecule has 0 radical (unpaired) electrons. The van der Waals surface area contributed by atoms with Gasteiger partial charge in [0.2, 0.25) is 5.91 Å². The van der Waals surface area contributed by atoms with Crippen molar-refractivity contribution in [1.82, 2.24) is 9.97 Å². The van der Waals surface area contributed by atoms with Crippen LogP contribution in [-0.4, -0.2) is 21.1 Å². The van der Waals surface area contributed by atoms with Gasteiger partial charge >= 0.3 is 0 Å². The number of carbonyl (C=O) groups is 1. The van der Waals surface area contributed by atoms with E-state index < -0.39 is 5.25 Å². The molecule has 0 spiro atoms. The van der Waals surface area contributed by atoms with Crippen LogP contribution < -0.4 is 10.9 Å². The van der Waals surface area contributed by atoms with E-state index >= 15 is 0 Å². The summed E-state index contributed by atoms with van der Waals surface area (Å²) in [7, 11) is 0. The third kappa shape index (κ3) is 5.41. The number of anilines is 1. The number of halogens is 1. The molecule has 0 aliphatic heterocycles. The van der Waals surface area contributed by atoms with Gasteiger partial charge in [0.15, 0.2) is 5.16 Å². The molecule has 5 nitrogen and oxygen atoms in total. The van der Waals surface area contributed by atoms with Gasteiger partial charge in [-0.3, -0.25) is 9.59 Å². The fraction of sp³-hybridized carbons (Fsp3) is 0.312. The fourth-order valence-corrected chi connectivity index (χ4v) is 2.88. The Balaban J connectivity index is 2.03. The highest BCUT2D eigenvalue weighted by molar-refractivity contribution is 8.00. The summed E-state index contributed by atoms with van der Waals surface area (Å²) in [6, 6.07) is 8.38. The van der Waals surface area contributed by atoms with Crippen molar-refractivity contribution in [2.45, 2.75) is 37.1 Å². The molecular weight excluding hydrogens is 334 g/mol. The van der Waals surface area contributed by atoms with Crippen LogP contribution in [0.1, 0.15) is 26.0 Å². The first-order valence-corrected chi connectivity index (χ1v) is 8.57. The minimum absolute atomic E-state index is 0.166. The highest BCUT2D eigenvalue weighted by Crippen LogP contribution is 2.21. The van der Waals surface area contributed by atoms with E-state index in [1.165, 1.54) is 17.8 Å². The van der Waals surface area contributed by atoms with Gasteiger partial charge in [-0.1, -0.05) is 36.7 Å². The van der Waals surface area contributed by atoms with Gasteiger partial charge in [0, 0.05) is 22.5 Å². The van der Waals surface area contributed by atoms with Gasteiger partial charge in [0.25, 0.3) is 5.56 Å². The van der Waals surface area contributed by atoms with Crippen LogP contribution in [0.5, 0.6) is 0 Å². The lowest BCUT2D eigenvalue weighted by molar-refractivity contribution is -0.115. The summed E-state index contributed by atoms with van der Waals surface area (Å²) in [5.41, 5.74) is 1.22. The van der Waals surface area contributed by atoms with Crippen LogP contribution in [0.2, 0.25) is 5.02 Å². The second kappa shape index (κ2) is 8.17. The number of thioether (sulfide) groups is 1. The van der Waals surface area contributed by atoms with E-state index in [1.54, 1.807) is 31.2 Å². The van der Waals surface area contributed by atoms with Gasteiger partial charge in [-0.15, -0.1) is 0 Å². The van der Waals surface area contributed by atoms with Crippen molar-refractivity contribution < 1.29 is 4.79 Å². The van der Waals surface area contributed by atoms with Gasteiger partial charge in [-0.25, -0.2) is 4.98 Å². The maximum atomic E-state index is 12.2. The van der Waals surface area contributed by atoms with Crippen molar-refractivity contribution in [2.24, 2.45) is 0 Å². The Bertz CT molecular complexity index is 731. The maximum Gasteiger partial charge on any atom is 0.251 e. The lowest BCUT2D eigenvalue weighted by atomic mass is 10.2. The minimum Gasteiger partial charge on any atom is -0.325 e. The summed E-state index contributed by atoms with van der Waals surface area (Å²) in [6.07, 6.45) is 1.65. The molecular formula is C16H18ClN3O2S. The zero-order valence-electron chi connectivity index (χ0n) is 12.9. The van der Waals surface area contributed by atoms with Gasteiger partial charge in [0.05, 0.1) is 5.25 Å². The Morgan fingerprint density at radius 2 is 2.09 bits per heavy atom. The van der Waals surface area contributed by atoms with E-state index in [2.05, 4.69) is 15.3 Å². The highest BCUT2D eigenvalue weighted by Gasteiger charge is 2.16. The van der Waals surface area contributed by atoms with E-state index in [0.29, 0.717) is 15.9 Å². The Hall–Kier alpha value is -1.79. The molecule has 1 amide bonds. The standard InChI is InChI=1S/C16H18ClN3O2S/c1-3-4-13-9-14(21)20-16(19-13)23-10(2)15(22)18-12-7-5-11(17)6-8-12/h5-10H,3-4H2,1-2H3,(H,18,22)(H,19,20,21)/t10-/m0/s1. The van der Waals surface area contributed by atoms with Crippen molar-refractivity contribution in [1.29, 1.82) is 0 Å². The molecule has 2 N–H and O–H groups in total. The monoisotopic (exact) mass is 351 g/mol. The summed E-state index contributed by atoms with van der Waals surface area (Å²) in [6.45, 7) is 3.79. The lowest BCUT2D eigenvalue weighted by Crippen LogP contribution is -2.23. The lowest BCUT2D eigenvalue weighted by Gasteiger charge is -2.12. The average molecular weight is 352 g/mol. The van der Waals surface area contributed by atoms with Gasteiger partial charge < -0.3 is 10.3 Å². The van der Waals surface area contributed by atoms with Crippen molar-refractivity contribution in [3.05, 3.63) is 51.4 Å². The van der Waals surface area contributed by atoms with E-state index in [1.807, 2.05) is 6.92 Å². The molecule has 7 heteroatoms. The number of nitrogens with zero attached hydrogens (tertiary/aromatic N) is 1. The Labute approximate surface area is 143 Å². The van der Waals surface area contributed by atoms with Crippen LogP contribution >= 0.6 is 23.4 Å². The normalized spacial score (nSPS) is 12.0. The molecule has 2 aromatic rings. The number of carbonyl (C=O) groups excluding carboxylic acids is 1. The smallest absolute Gasteiger partial charge is 0.251 e. The van der Waals surface area contributed by atoms with Crippen LogP contribution in [0.4, 0.5) is 5.69 Å².